The van der Waals surface area contributed by atoms with Crippen LogP contribution < -0.4 is 0 Å². The number of esters is 2. The first kappa shape index (κ1) is 17.0. The summed E-state index contributed by atoms with van der Waals surface area (Å²) >= 11 is 0. The fourth-order valence-corrected chi connectivity index (χ4v) is 1.85. The third-order valence-electron chi connectivity index (χ3n) is 2.70. The van der Waals surface area contributed by atoms with E-state index in [-0.39, 0.29) is 12.0 Å². The predicted octanol–water partition coefficient (Wildman–Crippen LogP) is 3.38. The van der Waals surface area contributed by atoms with Crippen molar-refractivity contribution >= 4 is 11.9 Å². The molecule has 0 bridgehead atoms. The van der Waals surface area contributed by atoms with Gasteiger partial charge in [0.1, 0.15) is 12.7 Å². The Morgan fingerprint density at radius 3 is 2.38 bits per heavy atom. The van der Waals surface area contributed by atoms with Crippen LogP contribution in [-0.4, -0.2) is 24.6 Å². The van der Waals surface area contributed by atoms with E-state index in [9.17, 15) is 9.59 Å². The van der Waals surface area contributed by atoms with Crippen LogP contribution >= 0.6 is 0 Å². The van der Waals surface area contributed by atoms with Crippen molar-refractivity contribution in [2.24, 2.45) is 5.41 Å². The summed E-state index contributed by atoms with van der Waals surface area (Å²) in [4.78, 5) is 23.2. The minimum atomic E-state index is -0.523. The van der Waals surface area contributed by atoms with Gasteiger partial charge in [-0.1, -0.05) is 45.5 Å². The van der Waals surface area contributed by atoms with Gasteiger partial charge in [-0.2, -0.15) is 0 Å². The van der Waals surface area contributed by atoms with Crippen LogP contribution in [0.25, 0.3) is 0 Å². The van der Waals surface area contributed by atoms with Crippen molar-refractivity contribution in [3.05, 3.63) is 48.6 Å². The van der Waals surface area contributed by atoms with Gasteiger partial charge in [0.25, 0.3) is 0 Å². The molecule has 0 aromatic heterocycles. The largest absolute Gasteiger partial charge is 0.459 e. The number of carbonyl (C=O) groups is 2. The average molecular weight is 290 g/mol. The molecule has 4 nitrogen and oxygen atoms in total. The van der Waals surface area contributed by atoms with Crippen molar-refractivity contribution in [1.82, 2.24) is 0 Å². The van der Waals surface area contributed by atoms with E-state index in [4.69, 9.17) is 9.47 Å². The lowest BCUT2D eigenvalue weighted by Gasteiger charge is -2.25. The standard InChI is InChI=1S/C17H22O4/c1-5-15(18)20-12-14(11-17(2,3)4)21-16(19)13-9-7-6-8-10-13/h5-10,14H,1,11-12H2,2-4H3. The highest BCUT2D eigenvalue weighted by molar-refractivity contribution is 5.89. The Bertz CT molecular complexity index is 485. The maximum absolute atomic E-state index is 12.1. The molecule has 0 N–H and O–H groups in total. The SMILES string of the molecule is C=CC(=O)OCC(CC(C)(C)C)OC(=O)c1ccccc1. The van der Waals surface area contributed by atoms with E-state index in [0.717, 1.165) is 6.08 Å². The topological polar surface area (TPSA) is 52.6 Å². The fraction of sp³-hybridized carbons (Fsp3) is 0.412. The Balaban J connectivity index is 2.69. The second kappa shape index (κ2) is 7.62. The summed E-state index contributed by atoms with van der Waals surface area (Å²) in [5.74, 6) is -0.941. The molecule has 4 heteroatoms. The minimum absolute atomic E-state index is 0.0285. The van der Waals surface area contributed by atoms with E-state index >= 15 is 0 Å². The summed E-state index contributed by atoms with van der Waals surface area (Å²) in [6.45, 7) is 9.47. The molecular weight excluding hydrogens is 268 g/mol. The Hall–Kier alpha value is -2.10. The molecular formula is C17H22O4. The molecule has 0 saturated carbocycles. The number of hydrogen-bond acceptors (Lipinski definition) is 4. The third kappa shape index (κ3) is 6.75. The van der Waals surface area contributed by atoms with Crippen LogP contribution in [0.1, 0.15) is 37.6 Å². The van der Waals surface area contributed by atoms with Gasteiger partial charge in [-0.25, -0.2) is 9.59 Å². The molecule has 114 valence electrons. The van der Waals surface area contributed by atoms with Crippen LogP contribution in [0.5, 0.6) is 0 Å². The summed E-state index contributed by atoms with van der Waals surface area (Å²) in [6, 6.07) is 8.74. The fourth-order valence-electron chi connectivity index (χ4n) is 1.85. The molecule has 1 atom stereocenters. The molecule has 0 amide bonds. The Labute approximate surface area is 125 Å². The second-order valence-electron chi connectivity index (χ2n) is 5.99. The normalized spacial score (nSPS) is 12.3. The van der Waals surface area contributed by atoms with E-state index in [1.54, 1.807) is 24.3 Å². The number of benzene rings is 1. The van der Waals surface area contributed by atoms with Gasteiger partial charge in [0.05, 0.1) is 5.56 Å². The van der Waals surface area contributed by atoms with E-state index in [1.165, 1.54) is 0 Å². The number of rotatable bonds is 6. The van der Waals surface area contributed by atoms with Gasteiger partial charge < -0.3 is 9.47 Å². The zero-order chi connectivity index (χ0) is 15.9. The quantitative estimate of drug-likeness (QED) is 0.595. The molecule has 0 aliphatic carbocycles. The van der Waals surface area contributed by atoms with E-state index in [0.29, 0.717) is 12.0 Å². The van der Waals surface area contributed by atoms with Gasteiger partial charge in [0, 0.05) is 6.08 Å². The Kier molecular flexibility index (Phi) is 6.15. The van der Waals surface area contributed by atoms with Gasteiger partial charge in [0.15, 0.2) is 0 Å². The summed E-state index contributed by atoms with van der Waals surface area (Å²) < 4.78 is 10.5. The van der Waals surface area contributed by atoms with Gasteiger partial charge in [-0.3, -0.25) is 0 Å². The minimum Gasteiger partial charge on any atom is -0.459 e. The van der Waals surface area contributed by atoms with Crippen LogP contribution in [0.4, 0.5) is 0 Å². The Morgan fingerprint density at radius 2 is 1.86 bits per heavy atom. The number of carbonyl (C=O) groups excluding carboxylic acids is 2. The third-order valence-corrected chi connectivity index (χ3v) is 2.70. The zero-order valence-corrected chi connectivity index (χ0v) is 12.8. The van der Waals surface area contributed by atoms with Crippen molar-refractivity contribution in [2.45, 2.75) is 33.3 Å². The highest BCUT2D eigenvalue weighted by atomic mass is 16.6. The molecule has 21 heavy (non-hydrogen) atoms. The van der Waals surface area contributed by atoms with Crippen LogP contribution in [0, 0.1) is 5.41 Å². The molecule has 1 unspecified atom stereocenters. The molecule has 0 radical (unpaired) electrons. The van der Waals surface area contributed by atoms with Gasteiger partial charge in [-0.15, -0.1) is 0 Å². The van der Waals surface area contributed by atoms with E-state index in [2.05, 4.69) is 6.58 Å². The lowest BCUT2D eigenvalue weighted by molar-refractivity contribution is -0.141. The van der Waals surface area contributed by atoms with E-state index in [1.807, 2.05) is 26.8 Å². The molecule has 0 spiro atoms. The molecule has 0 fully saturated rings. The van der Waals surface area contributed by atoms with Crippen molar-refractivity contribution < 1.29 is 19.1 Å². The highest BCUT2D eigenvalue weighted by Gasteiger charge is 2.24. The summed E-state index contributed by atoms with van der Waals surface area (Å²) in [6.07, 6.45) is 1.20. The lowest BCUT2D eigenvalue weighted by atomic mass is 9.89. The Morgan fingerprint density at radius 1 is 1.24 bits per heavy atom. The summed E-state index contributed by atoms with van der Waals surface area (Å²) in [5.41, 5.74) is 0.425. The smallest absolute Gasteiger partial charge is 0.338 e. The van der Waals surface area contributed by atoms with Crippen LogP contribution in [0.2, 0.25) is 0 Å². The van der Waals surface area contributed by atoms with Crippen molar-refractivity contribution in [3.8, 4) is 0 Å². The van der Waals surface area contributed by atoms with Crippen LogP contribution in [-0.2, 0) is 14.3 Å². The van der Waals surface area contributed by atoms with Gasteiger partial charge in [0.2, 0.25) is 0 Å². The average Bonchev–Trinajstić information content (AvgIpc) is 2.43. The van der Waals surface area contributed by atoms with E-state index < -0.39 is 18.0 Å². The predicted molar refractivity (Wildman–Crippen MR) is 80.9 cm³/mol. The second-order valence-corrected chi connectivity index (χ2v) is 5.99. The molecule has 0 saturated heterocycles. The number of hydrogen-bond donors (Lipinski definition) is 0. The molecule has 1 aromatic carbocycles. The first-order valence-electron chi connectivity index (χ1n) is 6.87. The first-order valence-corrected chi connectivity index (χ1v) is 6.87. The zero-order valence-electron chi connectivity index (χ0n) is 12.8. The monoisotopic (exact) mass is 290 g/mol. The molecule has 1 aromatic rings. The molecule has 0 aliphatic rings. The molecule has 0 heterocycles. The molecule has 0 aliphatic heterocycles. The lowest BCUT2D eigenvalue weighted by Crippen LogP contribution is -2.29. The van der Waals surface area contributed by atoms with Crippen molar-refractivity contribution in [1.29, 1.82) is 0 Å². The first-order chi connectivity index (χ1) is 9.81. The van der Waals surface area contributed by atoms with Crippen LogP contribution in [0.3, 0.4) is 0 Å². The maximum Gasteiger partial charge on any atom is 0.338 e. The van der Waals surface area contributed by atoms with Crippen molar-refractivity contribution in [3.63, 3.8) is 0 Å². The summed E-state index contributed by atoms with van der Waals surface area (Å²) in [5, 5.41) is 0. The number of ether oxygens (including phenoxy) is 2. The van der Waals surface area contributed by atoms with Crippen LogP contribution in [0.15, 0.2) is 43.0 Å². The molecule has 1 rings (SSSR count). The maximum atomic E-state index is 12.1. The highest BCUT2D eigenvalue weighted by Crippen LogP contribution is 2.23. The summed E-state index contributed by atoms with van der Waals surface area (Å²) in [7, 11) is 0. The van der Waals surface area contributed by atoms with Crippen molar-refractivity contribution in [2.75, 3.05) is 6.61 Å². The van der Waals surface area contributed by atoms with Gasteiger partial charge in [-0.05, 0) is 24.0 Å². The van der Waals surface area contributed by atoms with Gasteiger partial charge >= 0.3 is 11.9 Å².